The molecule has 18 heavy (non-hydrogen) atoms. The van der Waals surface area contributed by atoms with Gasteiger partial charge in [0.15, 0.2) is 0 Å². The van der Waals surface area contributed by atoms with Gasteiger partial charge in [0.1, 0.15) is 6.10 Å². The summed E-state index contributed by atoms with van der Waals surface area (Å²) < 4.78 is 10.9. The molecule has 0 spiro atoms. The molecule has 96 valence electrons. The van der Waals surface area contributed by atoms with Crippen LogP contribution in [0.4, 0.5) is 0 Å². The molecule has 1 aromatic heterocycles. The van der Waals surface area contributed by atoms with E-state index >= 15 is 0 Å². The number of hydrogen-bond donors (Lipinski definition) is 0. The molecule has 0 saturated carbocycles. The van der Waals surface area contributed by atoms with Crippen LogP contribution in [0.1, 0.15) is 37.1 Å². The lowest BCUT2D eigenvalue weighted by atomic mass is 10.2. The van der Waals surface area contributed by atoms with Crippen LogP contribution in [0, 0.1) is 11.3 Å². The first-order valence-electron chi connectivity index (χ1n) is 6.42. The standard InChI is InChI=1S/C12H16N4O2/c13-5-1-4-11-14-12(15-18-11)10-7-16-6-2-3-9(16)8-17-10/h9-10H,1-4,6-8H2. The first-order chi connectivity index (χ1) is 8.86. The van der Waals surface area contributed by atoms with Gasteiger partial charge in [-0.1, -0.05) is 5.16 Å². The maximum absolute atomic E-state index is 8.51. The van der Waals surface area contributed by atoms with Gasteiger partial charge in [0.2, 0.25) is 11.7 Å². The van der Waals surface area contributed by atoms with Crippen LogP contribution in [0.5, 0.6) is 0 Å². The molecule has 2 atom stereocenters. The molecule has 3 rings (SSSR count). The SMILES string of the molecule is N#CCCc1nc(C2CN3CCCC3CO2)no1. The Balaban J connectivity index is 1.64. The maximum Gasteiger partial charge on any atom is 0.227 e. The smallest absolute Gasteiger partial charge is 0.227 e. The minimum Gasteiger partial charge on any atom is -0.367 e. The fourth-order valence-electron chi connectivity index (χ4n) is 2.64. The van der Waals surface area contributed by atoms with Crippen molar-refractivity contribution in [1.29, 1.82) is 5.26 Å². The molecule has 2 aliphatic rings. The summed E-state index contributed by atoms with van der Waals surface area (Å²) in [6.45, 7) is 2.75. The third-order valence-electron chi connectivity index (χ3n) is 3.61. The Morgan fingerprint density at radius 2 is 2.44 bits per heavy atom. The average Bonchev–Trinajstić information content (AvgIpc) is 3.04. The molecule has 0 amide bonds. The Labute approximate surface area is 106 Å². The predicted octanol–water partition coefficient (Wildman–Crippen LogP) is 1.06. The van der Waals surface area contributed by atoms with Gasteiger partial charge in [-0.05, 0) is 19.4 Å². The van der Waals surface area contributed by atoms with E-state index in [9.17, 15) is 0 Å². The van der Waals surface area contributed by atoms with Crippen molar-refractivity contribution in [3.63, 3.8) is 0 Å². The van der Waals surface area contributed by atoms with Crippen LogP contribution in [-0.4, -0.2) is 40.8 Å². The Bertz CT molecular complexity index is 453. The summed E-state index contributed by atoms with van der Waals surface area (Å²) in [5.74, 6) is 1.15. The first-order valence-corrected chi connectivity index (χ1v) is 6.42. The van der Waals surface area contributed by atoms with Crippen LogP contribution in [0.2, 0.25) is 0 Å². The van der Waals surface area contributed by atoms with Gasteiger partial charge in [0.25, 0.3) is 0 Å². The quantitative estimate of drug-likeness (QED) is 0.796. The molecule has 0 N–H and O–H groups in total. The van der Waals surface area contributed by atoms with Gasteiger partial charge < -0.3 is 9.26 Å². The number of nitrogens with zero attached hydrogens (tertiary/aromatic N) is 4. The number of hydrogen-bond acceptors (Lipinski definition) is 6. The van der Waals surface area contributed by atoms with E-state index in [1.54, 1.807) is 0 Å². The van der Waals surface area contributed by atoms with Crippen LogP contribution < -0.4 is 0 Å². The molecule has 0 bridgehead atoms. The molecule has 2 fully saturated rings. The van der Waals surface area contributed by atoms with E-state index in [1.165, 1.54) is 12.8 Å². The third-order valence-corrected chi connectivity index (χ3v) is 3.61. The van der Waals surface area contributed by atoms with Crippen molar-refractivity contribution < 1.29 is 9.26 Å². The highest BCUT2D eigenvalue weighted by atomic mass is 16.5. The molecular formula is C12H16N4O2. The lowest BCUT2D eigenvalue weighted by molar-refractivity contribution is -0.0548. The summed E-state index contributed by atoms with van der Waals surface area (Å²) in [6, 6.07) is 2.64. The molecule has 0 radical (unpaired) electrons. The van der Waals surface area contributed by atoms with Crippen molar-refractivity contribution in [1.82, 2.24) is 15.0 Å². The van der Waals surface area contributed by atoms with Crippen molar-refractivity contribution in [2.45, 2.75) is 37.8 Å². The van der Waals surface area contributed by atoms with Crippen LogP contribution in [0.15, 0.2) is 4.52 Å². The lowest BCUT2D eigenvalue weighted by Crippen LogP contribution is -2.42. The Morgan fingerprint density at radius 1 is 1.50 bits per heavy atom. The minimum absolute atomic E-state index is 0.0843. The monoisotopic (exact) mass is 248 g/mol. The lowest BCUT2D eigenvalue weighted by Gasteiger charge is -2.33. The molecular weight excluding hydrogens is 232 g/mol. The highest BCUT2D eigenvalue weighted by Crippen LogP contribution is 2.28. The van der Waals surface area contributed by atoms with Gasteiger partial charge in [-0.3, -0.25) is 4.90 Å². The number of morpholine rings is 1. The zero-order valence-corrected chi connectivity index (χ0v) is 10.2. The topological polar surface area (TPSA) is 75.2 Å². The van der Waals surface area contributed by atoms with E-state index in [4.69, 9.17) is 14.5 Å². The summed E-state index contributed by atoms with van der Waals surface area (Å²) in [5.41, 5.74) is 0. The van der Waals surface area contributed by atoms with Crippen molar-refractivity contribution in [2.24, 2.45) is 0 Å². The van der Waals surface area contributed by atoms with E-state index in [0.29, 0.717) is 30.6 Å². The number of nitriles is 1. The highest BCUT2D eigenvalue weighted by Gasteiger charge is 2.34. The van der Waals surface area contributed by atoms with Crippen LogP contribution in [0.3, 0.4) is 0 Å². The molecule has 2 saturated heterocycles. The van der Waals surface area contributed by atoms with Crippen LogP contribution in [0.25, 0.3) is 0 Å². The Hall–Kier alpha value is -1.45. The van der Waals surface area contributed by atoms with Gasteiger partial charge in [-0.2, -0.15) is 10.2 Å². The molecule has 3 heterocycles. The van der Waals surface area contributed by atoms with Crippen molar-refractivity contribution in [2.75, 3.05) is 19.7 Å². The number of aromatic nitrogens is 2. The maximum atomic E-state index is 8.51. The van der Waals surface area contributed by atoms with E-state index in [0.717, 1.165) is 19.7 Å². The summed E-state index contributed by atoms with van der Waals surface area (Å²) in [4.78, 5) is 6.75. The third kappa shape index (κ3) is 2.24. The summed E-state index contributed by atoms with van der Waals surface area (Å²) in [6.07, 6.45) is 3.32. The zero-order valence-electron chi connectivity index (χ0n) is 10.2. The van der Waals surface area contributed by atoms with Crippen molar-refractivity contribution in [3.8, 4) is 6.07 Å². The number of rotatable bonds is 3. The van der Waals surface area contributed by atoms with Gasteiger partial charge >= 0.3 is 0 Å². The van der Waals surface area contributed by atoms with E-state index < -0.39 is 0 Å². The van der Waals surface area contributed by atoms with Crippen molar-refractivity contribution in [3.05, 3.63) is 11.7 Å². The Kier molecular flexibility index (Phi) is 3.26. The molecule has 1 aromatic rings. The second-order valence-electron chi connectivity index (χ2n) is 4.82. The second-order valence-corrected chi connectivity index (χ2v) is 4.82. The normalized spacial score (nSPS) is 27.9. The molecule has 2 unspecified atom stereocenters. The first kappa shape index (κ1) is 11.6. The molecule has 6 nitrogen and oxygen atoms in total. The summed E-state index contributed by atoms with van der Waals surface area (Å²) in [5, 5.41) is 12.5. The predicted molar refractivity (Wildman–Crippen MR) is 61.5 cm³/mol. The molecule has 0 aliphatic carbocycles. The number of ether oxygens (including phenoxy) is 1. The Morgan fingerprint density at radius 3 is 3.33 bits per heavy atom. The highest BCUT2D eigenvalue weighted by molar-refractivity contribution is 4.97. The van der Waals surface area contributed by atoms with Gasteiger partial charge in [0.05, 0.1) is 12.7 Å². The van der Waals surface area contributed by atoms with Crippen LogP contribution >= 0.6 is 0 Å². The minimum atomic E-state index is -0.0843. The number of fused-ring (bicyclic) bond motifs is 1. The molecule has 6 heteroatoms. The second kappa shape index (κ2) is 5.04. The van der Waals surface area contributed by atoms with E-state index in [1.807, 2.05) is 0 Å². The van der Waals surface area contributed by atoms with E-state index in [2.05, 4.69) is 21.1 Å². The van der Waals surface area contributed by atoms with Gasteiger partial charge in [-0.15, -0.1) is 0 Å². The summed E-state index contributed by atoms with van der Waals surface area (Å²) >= 11 is 0. The van der Waals surface area contributed by atoms with Crippen LogP contribution in [-0.2, 0) is 11.2 Å². The molecule has 0 aromatic carbocycles. The number of aryl methyl sites for hydroxylation is 1. The van der Waals surface area contributed by atoms with Gasteiger partial charge in [-0.25, -0.2) is 0 Å². The van der Waals surface area contributed by atoms with E-state index in [-0.39, 0.29) is 6.10 Å². The summed E-state index contributed by atoms with van der Waals surface area (Å²) in [7, 11) is 0. The fourth-order valence-corrected chi connectivity index (χ4v) is 2.64. The van der Waals surface area contributed by atoms with Gasteiger partial charge in [0, 0.05) is 25.4 Å². The molecule has 2 aliphatic heterocycles. The van der Waals surface area contributed by atoms with Crippen molar-refractivity contribution >= 4 is 0 Å². The average molecular weight is 248 g/mol. The fraction of sp³-hybridized carbons (Fsp3) is 0.750. The largest absolute Gasteiger partial charge is 0.367 e. The zero-order chi connectivity index (χ0) is 12.4.